The number of H-pyrrole nitrogens is 1. The summed E-state index contributed by atoms with van der Waals surface area (Å²) in [6.45, 7) is 1.56. The number of aromatic amines is 1. The highest BCUT2D eigenvalue weighted by molar-refractivity contribution is 6.06. The Kier molecular flexibility index (Phi) is 5.74. The van der Waals surface area contributed by atoms with Crippen molar-refractivity contribution in [1.82, 2.24) is 14.9 Å². The lowest BCUT2D eigenvalue weighted by molar-refractivity contribution is 0.0761. The molecule has 6 nitrogen and oxygen atoms in total. The van der Waals surface area contributed by atoms with E-state index < -0.39 is 12.2 Å². The molecule has 8 heteroatoms. The molecule has 2 N–H and O–H groups in total. The summed E-state index contributed by atoms with van der Waals surface area (Å²) in [5.74, 6) is -0.793. The molecule has 30 heavy (non-hydrogen) atoms. The van der Waals surface area contributed by atoms with Gasteiger partial charge in [0.1, 0.15) is 0 Å². The van der Waals surface area contributed by atoms with Crippen LogP contribution in [0, 0.1) is 0 Å². The van der Waals surface area contributed by atoms with E-state index in [1.54, 1.807) is 24.3 Å². The molecule has 0 saturated carbocycles. The lowest BCUT2D eigenvalue weighted by Crippen LogP contribution is -2.31. The van der Waals surface area contributed by atoms with Crippen LogP contribution in [0.1, 0.15) is 58.6 Å². The summed E-state index contributed by atoms with van der Waals surface area (Å²) in [7, 11) is 0. The third kappa shape index (κ3) is 4.32. The second-order valence-corrected chi connectivity index (χ2v) is 7.39. The van der Waals surface area contributed by atoms with Crippen LogP contribution >= 0.6 is 0 Å². The molecule has 1 aliphatic rings. The summed E-state index contributed by atoms with van der Waals surface area (Å²) >= 11 is 0. The van der Waals surface area contributed by atoms with Crippen LogP contribution in [0.25, 0.3) is 11.0 Å². The number of rotatable bonds is 4. The molecule has 3 aromatic rings. The van der Waals surface area contributed by atoms with Crippen molar-refractivity contribution in [3.63, 3.8) is 0 Å². The molecule has 0 atom stereocenters. The van der Waals surface area contributed by atoms with Gasteiger partial charge < -0.3 is 15.2 Å². The molecule has 1 aromatic heterocycles. The van der Waals surface area contributed by atoms with Gasteiger partial charge in [0.15, 0.2) is 5.82 Å². The predicted molar refractivity (Wildman–Crippen MR) is 110 cm³/mol. The standard InChI is InChI=1S/C22H22F2N4O2/c23-19(24)20-26-17-10-7-15(13-18(17)27-20)21(29)25-16-8-5-14(6-9-16)22(30)28-11-3-1-2-4-12-28/h5-10,13,19H,1-4,11-12H2,(H,25,29)(H,26,27). The SMILES string of the molecule is O=C(Nc1ccc(C(=O)N2CCCCCC2)cc1)c1ccc2nc(C(F)F)[nH]c2c1. The van der Waals surface area contributed by atoms with Gasteiger partial charge in [-0.05, 0) is 55.3 Å². The summed E-state index contributed by atoms with van der Waals surface area (Å²) in [6, 6.07) is 11.3. The minimum atomic E-state index is -2.70. The molecule has 0 bridgehead atoms. The van der Waals surface area contributed by atoms with Crippen molar-refractivity contribution in [2.45, 2.75) is 32.1 Å². The molecule has 1 fully saturated rings. The second kappa shape index (κ2) is 8.61. The maximum Gasteiger partial charge on any atom is 0.295 e. The number of anilines is 1. The van der Waals surface area contributed by atoms with E-state index in [4.69, 9.17) is 0 Å². The van der Waals surface area contributed by atoms with E-state index in [-0.39, 0.29) is 11.8 Å². The maximum atomic E-state index is 12.8. The van der Waals surface area contributed by atoms with Crippen molar-refractivity contribution < 1.29 is 18.4 Å². The number of carbonyl (C=O) groups is 2. The second-order valence-electron chi connectivity index (χ2n) is 7.39. The zero-order chi connectivity index (χ0) is 21.1. The average molecular weight is 412 g/mol. The van der Waals surface area contributed by atoms with Gasteiger partial charge in [0, 0.05) is 29.9 Å². The zero-order valence-electron chi connectivity index (χ0n) is 16.3. The molecule has 0 radical (unpaired) electrons. The van der Waals surface area contributed by atoms with Gasteiger partial charge >= 0.3 is 0 Å². The molecule has 156 valence electrons. The molecule has 0 aliphatic carbocycles. The van der Waals surface area contributed by atoms with Crippen molar-refractivity contribution in [3.8, 4) is 0 Å². The monoisotopic (exact) mass is 412 g/mol. The maximum absolute atomic E-state index is 12.8. The van der Waals surface area contributed by atoms with Crippen LogP contribution in [0.15, 0.2) is 42.5 Å². The highest BCUT2D eigenvalue weighted by Crippen LogP contribution is 2.21. The van der Waals surface area contributed by atoms with Crippen molar-refractivity contribution in [2.24, 2.45) is 0 Å². The Balaban J connectivity index is 1.44. The van der Waals surface area contributed by atoms with Crippen LogP contribution in [0.3, 0.4) is 0 Å². The topological polar surface area (TPSA) is 78.1 Å². The molecule has 2 heterocycles. The lowest BCUT2D eigenvalue weighted by Gasteiger charge is -2.20. The molecule has 4 rings (SSSR count). The van der Waals surface area contributed by atoms with Crippen LogP contribution in [0.2, 0.25) is 0 Å². The van der Waals surface area contributed by atoms with Crippen molar-refractivity contribution in [3.05, 3.63) is 59.4 Å². The summed E-state index contributed by atoms with van der Waals surface area (Å²) < 4.78 is 25.6. The number of carbonyl (C=O) groups excluding carboxylic acids is 2. The zero-order valence-corrected chi connectivity index (χ0v) is 16.3. The number of alkyl halides is 2. The number of nitrogens with one attached hydrogen (secondary N) is 2. The largest absolute Gasteiger partial charge is 0.339 e. The third-order valence-corrected chi connectivity index (χ3v) is 5.25. The Labute approximate surface area is 172 Å². The summed E-state index contributed by atoms with van der Waals surface area (Å²) in [6.07, 6.45) is 1.66. The van der Waals surface area contributed by atoms with Gasteiger partial charge in [0.2, 0.25) is 0 Å². The van der Waals surface area contributed by atoms with Crippen LogP contribution in [0.5, 0.6) is 0 Å². The highest BCUT2D eigenvalue weighted by Gasteiger charge is 2.18. The van der Waals surface area contributed by atoms with Gasteiger partial charge in [-0.2, -0.15) is 0 Å². The van der Waals surface area contributed by atoms with Gasteiger partial charge in [0.25, 0.3) is 18.2 Å². The Bertz CT molecular complexity index is 1050. The van der Waals surface area contributed by atoms with E-state index in [9.17, 15) is 18.4 Å². The summed E-state index contributed by atoms with van der Waals surface area (Å²) in [4.78, 5) is 33.4. The first-order valence-electron chi connectivity index (χ1n) is 10.00. The molecular weight excluding hydrogens is 390 g/mol. The van der Waals surface area contributed by atoms with Crippen molar-refractivity contribution in [1.29, 1.82) is 0 Å². The van der Waals surface area contributed by atoms with E-state index in [1.807, 2.05) is 4.90 Å². The van der Waals surface area contributed by atoms with Gasteiger partial charge in [-0.1, -0.05) is 12.8 Å². The van der Waals surface area contributed by atoms with Crippen LogP contribution in [-0.4, -0.2) is 39.8 Å². The first kappa shape index (κ1) is 20.0. The van der Waals surface area contributed by atoms with Crippen LogP contribution < -0.4 is 5.32 Å². The van der Waals surface area contributed by atoms with Crippen molar-refractivity contribution in [2.75, 3.05) is 18.4 Å². The summed E-state index contributed by atoms with van der Waals surface area (Å²) in [5.41, 5.74) is 2.20. The first-order chi connectivity index (χ1) is 14.5. The Morgan fingerprint density at radius 3 is 2.30 bits per heavy atom. The number of hydrogen-bond donors (Lipinski definition) is 2. The van der Waals surface area contributed by atoms with E-state index in [2.05, 4.69) is 15.3 Å². The minimum Gasteiger partial charge on any atom is -0.339 e. The highest BCUT2D eigenvalue weighted by atomic mass is 19.3. The molecule has 1 aliphatic heterocycles. The third-order valence-electron chi connectivity index (χ3n) is 5.25. The number of fused-ring (bicyclic) bond motifs is 1. The predicted octanol–water partition coefficient (Wildman–Crippen LogP) is 4.77. The number of aromatic nitrogens is 2. The number of nitrogens with zero attached hydrogens (tertiary/aromatic N) is 2. The number of benzene rings is 2. The Morgan fingerprint density at radius 2 is 1.63 bits per heavy atom. The van der Waals surface area contributed by atoms with Gasteiger partial charge in [-0.3, -0.25) is 9.59 Å². The van der Waals surface area contributed by atoms with E-state index in [1.165, 1.54) is 18.2 Å². The lowest BCUT2D eigenvalue weighted by atomic mass is 10.1. The fourth-order valence-electron chi connectivity index (χ4n) is 3.63. The molecular formula is C22H22F2N4O2. The molecule has 0 unspecified atom stereocenters. The van der Waals surface area contributed by atoms with E-state index in [0.717, 1.165) is 38.8 Å². The number of halogens is 2. The summed E-state index contributed by atoms with van der Waals surface area (Å²) in [5, 5.41) is 2.76. The number of hydrogen-bond acceptors (Lipinski definition) is 3. The van der Waals surface area contributed by atoms with E-state index in [0.29, 0.717) is 27.8 Å². The van der Waals surface area contributed by atoms with Crippen LogP contribution in [-0.2, 0) is 0 Å². The van der Waals surface area contributed by atoms with Gasteiger partial charge in [0.05, 0.1) is 11.0 Å². The molecule has 2 amide bonds. The Morgan fingerprint density at radius 1 is 0.967 bits per heavy atom. The number of amides is 2. The smallest absolute Gasteiger partial charge is 0.295 e. The normalized spacial score (nSPS) is 14.7. The average Bonchev–Trinajstić information content (AvgIpc) is 2.99. The fourth-order valence-corrected chi connectivity index (χ4v) is 3.63. The number of likely N-dealkylation sites (tertiary alicyclic amines) is 1. The number of imidazole rings is 1. The van der Waals surface area contributed by atoms with Crippen LogP contribution in [0.4, 0.5) is 14.5 Å². The van der Waals surface area contributed by atoms with Crippen molar-refractivity contribution >= 4 is 28.5 Å². The molecule has 2 aromatic carbocycles. The quantitative estimate of drug-likeness (QED) is 0.648. The van der Waals surface area contributed by atoms with Gasteiger partial charge in [-0.25, -0.2) is 13.8 Å². The van der Waals surface area contributed by atoms with Gasteiger partial charge in [-0.15, -0.1) is 0 Å². The first-order valence-corrected chi connectivity index (χ1v) is 10.00. The van der Waals surface area contributed by atoms with E-state index >= 15 is 0 Å². The fraction of sp³-hybridized carbons (Fsp3) is 0.318. The molecule has 0 spiro atoms. The molecule has 1 saturated heterocycles. The Hall–Kier alpha value is -3.29. The minimum absolute atomic E-state index is 0.00862.